The van der Waals surface area contributed by atoms with Crippen LogP contribution in [-0.4, -0.2) is 19.2 Å². The molecular formula is C13H20N2O. The number of ether oxygens (including phenoxy) is 1. The maximum atomic E-state index is 5.91. The summed E-state index contributed by atoms with van der Waals surface area (Å²) in [5.74, 6) is 0.793. The second kappa shape index (κ2) is 5.21. The van der Waals surface area contributed by atoms with Gasteiger partial charge in [-0.3, -0.25) is 0 Å². The van der Waals surface area contributed by atoms with Crippen LogP contribution in [0, 0.1) is 0 Å². The summed E-state index contributed by atoms with van der Waals surface area (Å²) in [4.78, 5) is 0. The minimum Gasteiger partial charge on any atom is -0.492 e. The maximum absolute atomic E-state index is 5.91. The Morgan fingerprint density at radius 1 is 1.44 bits per heavy atom. The second-order valence-corrected chi connectivity index (χ2v) is 4.28. The number of nitrogens with one attached hydrogen (secondary N) is 1. The average molecular weight is 220 g/mol. The molecule has 0 saturated heterocycles. The van der Waals surface area contributed by atoms with Crippen molar-refractivity contribution in [3.63, 3.8) is 0 Å². The lowest BCUT2D eigenvalue weighted by Gasteiger charge is -2.09. The topological polar surface area (TPSA) is 47.3 Å². The molecular weight excluding hydrogens is 200 g/mol. The molecule has 0 aliphatic heterocycles. The Kier molecular flexibility index (Phi) is 3.67. The van der Waals surface area contributed by atoms with Crippen LogP contribution in [0.3, 0.4) is 0 Å². The van der Waals surface area contributed by atoms with E-state index in [1.807, 2.05) is 19.1 Å². The van der Waals surface area contributed by atoms with Gasteiger partial charge in [0.25, 0.3) is 0 Å². The van der Waals surface area contributed by atoms with Gasteiger partial charge in [-0.1, -0.05) is 6.07 Å². The number of benzene rings is 1. The third-order valence-corrected chi connectivity index (χ3v) is 2.80. The number of nitrogen functional groups attached to an aromatic ring is 1. The van der Waals surface area contributed by atoms with Crippen LogP contribution in [0.15, 0.2) is 18.2 Å². The van der Waals surface area contributed by atoms with Crippen molar-refractivity contribution in [1.29, 1.82) is 0 Å². The predicted molar refractivity (Wildman–Crippen MR) is 66.8 cm³/mol. The fourth-order valence-corrected chi connectivity index (χ4v) is 1.75. The van der Waals surface area contributed by atoms with Crippen LogP contribution in [0.25, 0.3) is 0 Å². The van der Waals surface area contributed by atoms with E-state index in [1.54, 1.807) is 0 Å². The molecule has 1 fully saturated rings. The van der Waals surface area contributed by atoms with Crippen LogP contribution in [0.5, 0.6) is 5.75 Å². The smallest absolute Gasteiger partial charge is 0.142 e. The van der Waals surface area contributed by atoms with Crippen molar-refractivity contribution in [1.82, 2.24) is 5.32 Å². The summed E-state index contributed by atoms with van der Waals surface area (Å²) in [6.07, 6.45) is 3.71. The van der Waals surface area contributed by atoms with Crippen molar-refractivity contribution >= 4 is 5.69 Å². The number of nitrogens with two attached hydrogens (primary N) is 1. The lowest BCUT2D eigenvalue weighted by atomic mass is 10.1. The Bertz CT molecular complexity index is 348. The van der Waals surface area contributed by atoms with Gasteiger partial charge in [0.2, 0.25) is 0 Å². The SMILES string of the molecule is CCOc1ccc(CCNC2CC2)cc1N. The van der Waals surface area contributed by atoms with Crippen LogP contribution < -0.4 is 15.8 Å². The highest BCUT2D eigenvalue weighted by atomic mass is 16.5. The molecule has 2 rings (SSSR count). The van der Waals surface area contributed by atoms with Gasteiger partial charge in [-0.25, -0.2) is 0 Å². The van der Waals surface area contributed by atoms with E-state index in [2.05, 4.69) is 11.4 Å². The molecule has 0 unspecified atom stereocenters. The van der Waals surface area contributed by atoms with Gasteiger partial charge < -0.3 is 15.8 Å². The maximum Gasteiger partial charge on any atom is 0.142 e. The highest BCUT2D eigenvalue weighted by Gasteiger charge is 2.19. The molecule has 1 aromatic carbocycles. The highest BCUT2D eigenvalue weighted by molar-refractivity contribution is 5.54. The van der Waals surface area contributed by atoms with Crippen molar-refractivity contribution in [2.45, 2.75) is 32.2 Å². The summed E-state index contributed by atoms with van der Waals surface area (Å²) in [5.41, 5.74) is 7.92. The minimum absolute atomic E-state index is 0.660. The first-order valence-corrected chi connectivity index (χ1v) is 6.04. The summed E-state index contributed by atoms with van der Waals surface area (Å²) in [6, 6.07) is 6.85. The number of rotatable bonds is 6. The first-order valence-electron chi connectivity index (χ1n) is 6.04. The number of hydrogen-bond acceptors (Lipinski definition) is 3. The molecule has 0 atom stereocenters. The second-order valence-electron chi connectivity index (χ2n) is 4.28. The summed E-state index contributed by atoms with van der Waals surface area (Å²) in [6.45, 7) is 3.66. The van der Waals surface area contributed by atoms with Gasteiger partial charge in [0, 0.05) is 6.04 Å². The fourth-order valence-electron chi connectivity index (χ4n) is 1.75. The van der Waals surface area contributed by atoms with Crippen LogP contribution in [0.4, 0.5) is 5.69 Å². The molecule has 3 N–H and O–H groups in total. The third-order valence-electron chi connectivity index (χ3n) is 2.80. The van der Waals surface area contributed by atoms with E-state index < -0.39 is 0 Å². The molecule has 0 aromatic heterocycles. The summed E-state index contributed by atoms with van der Waals surface area (Å²) in [5, 5.41) is 3.49. The first kappa shape index (κ1) is 11.3. The van der Waals surface area contributed by atoms with Crippen LogP contribution in [-0.2, 0) is 6.42 Å². The zero-order valence-electron chi connectivity index (χ0n) is 9.83. The molecule has 1 aliphatic carbocycles. The Morgan fingerprint density at radius 2 is 2.25 bits per heavy atom. The predicted octanol–water partition coefficient (Wildman–Crippen LogP) is 1.96. The lowest BCUT2D eigenvalue weighted by molar-refractivity contribution is 0.342. The summed E-state index contributed by atoms with van der Waals surface area (Å²) >= 11 is 0. The minimum atomic E-state index is 0.660. The molecule has 1 saturated carbocycles. The Morgan fingerprint density at radius 3 is 2.88 bits per heavy atom. The molecule has 0 amide bonds. The van der Waals surface area contributed by atoms with E-state index in [0.717, 1.165) is 30.4 Å². The Hall–Kier alpha value is -1.22. The van der Waals surface area contributed by atoms with Crippen LogP contribution in [0.1, 0.15) is 25.3 Å². The van der Waals surface area contributed by atoms with E-state index in [4.69, 9.17) is 10.5 Å². The van der Waals surface area contributed by atoms with Crippen molar-refractivity contribution < 1.29 is 4.74 Å². The molecule has 0 spiro atoms. The molecule has 16 heavy (non-hydrogen) atoms. The molecule has 1 aromatic rings. The molecule has 3 nitrogen and oxygen atoms in total. The largest absolute Gasteiger partial charge is 0.492 e. The lowest BCUT2D eigenvalue weighted by Crippen LogP contribution is -2.19. The van der Waals surface area contributed by atoms with E-state index >= 15 is 0 Å². The Labute approximate surface area is 97.0 Å². The van der Waals surface area contributed by atoms with E-state index in [0.29, 0.717) is 6.61 Å². The van der Waals surface area contributed by atoms with Crippen molar-refractivity contribution in [2.24, 2.45) is 0 Å². The monoisotopic (exact) mass is 220 g/mol. The van der Waals surface area contributed by atoms with Crippen molar-refractivity contribution in [2.75, 3.05) is 18.9 Å². The number of hydrogen-bond donors (Lipinski definition) is 2. The molecule has 1 aliphatic rings. The first-order chi connectivity index (χ1) is 7.79. The van der Waals surface area contributed by atoms with Gasteiger partial charge >= 0.3 is 0 Å². The zero-order chi connectivity index (χ0) is 11.4. The van der Waals surface area contributed by atoms with Gasteiger partial charge in [0.15, 0.2) is 0 Å². The van der Waals surface area contributed by atoms with Gasteiger partial charge in [-0.15, -0.1) is 0 Å². The third kappa shape index (κ3) is 3.14. The van der Waals surface area contributed by atoms with Crippen LogP contribution >= 0.6 is 0 Å². The summed E-state index contributed by atoms with van der Waals surface area (Å²) < 4.78 is 5.40. The van der Waals surface area contributed by atoms with Crippen LogP contribution in [0.2, 0.25) is 0 Å². The molecule has 0 radical (unpaired) electrons. The molecule has 0 heterocycles. The molecule has 0 bridgehead atoms. The molecule has 88 valence electrons. The van der Waals surface area contributed by atoms with E-state index in [9.17, 15) is 0 Å². The van der Waals surface area contributed by atoms with Crippen molar-refractivity contribution in [3.8, 4) is 5.75 Å². The standard InChI is InChI=1S/C13H20N2O/c1-2-16-13-6-3-10(9-12(13)14)7-8-15-11-4-5-11/h3,6,9,11,15H,2,4-5,7-8,14H2,1H3. The average Bonchev–Trinajstić information content (AvgIpc) is 3.06. The van der Waals surface area contributed by atoms with Crippen molar-refractivity contribution in [3.05, 3.63) is 23.8 Å². The van der Waals surface area contributed by atoms with E-state index in [1.165, 1.54) is 18.4 Å². The molecule has 3 heteroatoms. The Balaban J connectivity index is 1.86. The number of anilines is 1. The van der Waals surface area contributed by atoms with Gasteiger partial charge in [0.1, 0.15) is 5.75 Å². The quantitative estimate of drug-likeness (QED) is 0.720. The fraction of sp³-hybridized carbons (Fsp3) is 0.538. The normalized spacial score (nSPS) is 15.1. The summed E-state index contributed by atoms with van der Waals surface area (Å²) in [7, 11) is 0. The van der Waals surface area contributed by atoms with Gasteiger partial charge in [-0.2, -0.15) is 0 Å². The zero-order valence-corrected chi connectivity index (χ0v) is 9.83. The van der Waals surface area contributed by atoms with Gasteiger partial charge in [0.05, 0.1) is 12.3 Å². The van der Waals surface area contributed by atoms with E-state index in [-0.39, 0.29) is 0 Å². The highest BCUT2D eigenvalue weighted by Crippen LogP contribution is 2.23. The van der Waals surface area contributed by atoms with Gasteiger partial charge in [-0.05, 0) is 50.4 Å².